The van der Waals surface area contributed by atoms with E-state index in [1.807, 2.05) is 12.3 Å². The van der Waals surface area contributed by atoms with Crippen LogP contribution in [0.1, 0.15) is 53.4 Å². The third-order valence-electron chi connectivity index (χ3n) is 3.96. The molecule has 1 aliphatic carbocycles. The Kier molecular flexibility index (Phi) is 3.85. The van der Waals surface area contributed by atoms with E-state index in [4.69, 9.17) is 0 Å². The van der Waals surface area contributed by atoms with Crippen molar-refractivity contribution in [1.29, 1.82) is 0 Å². The third-order valence-corrected chi connectivity index (χ3v) is 5.28. The maximum atomic E-state index is 13.7. The monoisotopic (exact) mass is 290 g/mol. The summed E-state index contributed by atoms with van der Waals surface area (Å²) in [6.45, 7) is 4.28. The number of benzene rings is 1. The molecule has 1 N–H and O–H groups in total. The van der Waals surface area contributed by atoms with Crippen molar-refractivity contribution in [1.82, 2.24) is 10.3 Å². The van der Waals surface area contributed by atoms with Crippen molar-refractivity contribution in [3.63, 3.8) is 0 Å². The zero-order valence-electron chi connectivity index (χ0n) is 11.8. The molecular formula is C16H19FN2S. The van der Waals surface area contributed by atoms with E-state index in [0.717, 1.165) is 35.4 Å². The third kappa shape index (κ3) is 2.50. The van der Waals surface area contributed by atoms with Crippen molar-refractivity contribution in [2.75, 3.05) is 0 Å². The van der Waals surface area contributed by atoms with Crippen LogP contribution in [0.15, 0.2) is 24.4 Å². The first kappa shape index (κ1) is 13.7. The molecule has 0 saturated carbocycles. The predicted molar refractivity (Wildman–Crippen MR) is 80.5 cm³/mol. The Balaban J connectivity index is 1.75. The molecule has 0 aliphatic heterocycles. The molecule has 0 amide bonds. The van der Waals surface area contributed by atoms with E-state index in [0.29, 0.717) is 0 Å². The van der Waals surface area contributed by atoms with Crippen molar-refractivity contribution >= 4 is 11.3 Å². The number of nitrogens with zero attached hydrogens (tertiary/aromatic N) is 1. The topological polar surface area (TPSA) is 24.9 Å². The molecule has 2 nitrogen and oxygen atoms in total. The highest BCUT2D eigenvalue weighted by Crippen LogP contribution is 2.34. The Morgan fingerprint density at radius 2 is 2.35 bits per heavy atom. The zero-order valence-corrected chi connectivity index (χ0v) is 12.6. The molecule has 106 valence electrons. The fraction of sp³-hybridized carbons (Fsp3) is 0.438. The van der Waals surface area contributed by atoms with E-state index in [-0.39, 0.29) is 17.9 Å². The number of halogens is 1. The van der Waals surface area contributed by atoms with Crippen LogP contribution >= 0.6 is 11.3 Å². The fourth-order valence-electron chi connectivity index (χ4n) is 2.84. The van der Waals surface area contributed by atoms with Gasteiger partial charge in [0.25, 0.3) is 0 Å². The van der Waals surface area contributed by atoms with Crippen molar-refractivity contribution in [2.24, 2.45) is 0 Å². The molecule has 0 spiro atoms. The van der Waals surface area contributed by atoms with Crippen LogP contribution in [0.25, 0.3) is 0 Å². The maximum absolute atomic E-state index is 13.7. The molecule has 1 aromatic carbocycles. The quantitative estimate of drug-likeness (QED) is 0.913. The Hall–Kier alpha value is -1.26. The first-order valence-corrected chi connectivity index (χ1v) is 7.98. The maximum Gasteiger partial charge on any atom is 0.126 e. The van der Waals surface area contributed by atoms with Crippen LogP contribution in [-0.4, -0.2) is 4.98 Å². The summed E-state index contributed by atoms with van der Waals surface area (Å²) in [6.07, 6.45) is 4.78. The SMILES string of the molecule is CCc1cnc(C(C)NC2CCc3c(F)cccc32)s1. The normalized spacial score (nSPS) is 19.1. The lowest BCUT2D eigenvalue weighted by molar-refractivity contribution is 0.464. The molecule has 3 rings (SSSR count). The number of rotatable bonds is 4. The molecular weight excluding hydrogens is 271 g/mol. The first-order chi connectivity index (χ1) is 9.69. The minimum atomic E-state index is -0.0676. The Labute approximate surface area is 123 Å². The Morgan fingerprint density at radius 1 is 1.50 bits per heavy atom. The average molecular weight is 290 g/mol. The number of nitrogens with one attached hydrogen (secondary N) is 1. The van der Waals surface area contributed by atoms with Gasteiger partial charge in [0.1, 0.15) is 10.8 Å². The van der Waals surface area contributed by atoms with Gasteiger partial charge in [-0.15, -0.1) is 11.3 Å². The number of fused-ring (bicyclic) bond motifs is 1. The van der Waals surface area contributed by atoms with Gasteiger partial charge in [-0.3, -0.25) is 0 Å². The number of aryl methyl sites for hydroxylation is 1. The highest BCUT2D eigenvalue weighted by Gasteiger charge is 2.26. The molecule has 4 heteroatoms. The van der Waals surface area contributed by atoms with Crippen LogP contribution < -0.4 is 5.32 Å². The summed E-state index contributed by atoms with van der Waals surface area (Å²) in [5.41, 5.74) is 2.00. The van der Waals surface area contributed by atoms with Crippen LogP contribution in [0.2, 0.25) is 0 Å². The zero-order chi connectivity index (χ0) is 14.1. The van der Waals surface area contributed by atoms with E-state index in [1.54, 1.807) is 23.5 Å². The van der Waals surface area contributed by atoms with Crippen molar-refractivity contribution in [2.45, 2.75) is 45.2 Å². The molecule has 0 fully saturated rings. The second-order valence-corrected chi connectivity index (χ2v) is 6.45. The van der Waals surface area contributed by atoms with Gasteiger partial charge >= 0.3 is 0 Å². The highest BCUT2D eigenvalue weighted by molar-refractivity contribution is 7.11. The van der Waals surface area contributed by atoms with E-state index in [1.165, 1.54) is 4.88 Å². The van der Waals surface area contributed by atoms with E-state index in [2.05, 4.69) is 24.1 Å². The number of aromatic nitrogens is 1. The van der Waals surface area contributed by atoms with Gasteiger partial charge in [-0.25, -0.2) is 9.37 Å². The van der Waals surface area contributed by atoms with Crippen LogP contribution in [0.4, 0.5) is 4.39 Å². The van der Waals surface area contributed by atoms with Crippen LogP contribution in [0.3, 0.4) is 0 Å². The second-order valence-electron chi connectivity index (χ2n) is 5.31. The molecule has 0 radical (unpaired) electrons. The van der Waals surface area contributed by atoms with Gasteiger partial charge in [0, 0.05) is 17.1 Å². The molecule has 2 unspecified atom stereocenters. The summed E-state index contributed by atoms with van der Waals surface area (Å²) in [5, 5.41) is 4.71. The fourth-order valence-corrected chi connectivity index (χ4v) is 3.71. The Morgan fingerprint density at radius 3 is 3.10 bits per heavy atom. The Bertz CT molecular complexity index is 608. The predicted octanol–water partition coefficient (Wildman–Crippen LogP) is 4.18. The summed E-state index contributed by atoms with van der Waals surface area (Å²) in [4.78, 5) is 5.80. The molecule has 2 atom stereocenters. The molecule has 0 bridgehead atoms. The second kappa shape index (κ2) is 5.62. The van der Waals surface area contributed by atoms with Crippen molar-refractivity contribution < 1.29 is 4.39 Å². The lowest BCUT2D eigenvalue weighted by Crippen LogP contribution is -2.22. The van der Waals surface area contributed by atoms with Gasteiger partial charge in [-0.05, 0) is 43.4 Å². The van der Waals surface area contributed by atoms with Crippen LogP contribution in [0, 0.1) is 5.82 Å². The average Bonchev–Trinajstić information content (AvgIpc) is 3.07. The van der Waals surface area contributed by atoms with Gasteiger partial charge in [0.05, 0.1) is 6.04 Å². The molecule has 0 saturated heterocycles. The van der Waals surface area contributed by atoms with Gasteiger partial charge < -0.3 is 5.32 Å². The highest BCUT2D eigenvalue weighted by atomic mass is 32.1. The van der Waals surface area contributed by atoms with Crippen molar-refractivity contribution in [3.05, 3.63) is 51.2 Å². The summed E-state index contributed by atoms with van der Waals surface area (Å²) in [6, 6.07) is 5.84. The lowest BCUT2D eigenvalue weighted by atomic mass is 10.1. The molecule has 20 heavy (non-hydrogen) atoms. The molecule has 2 aromatic rings. The number of hydrogen-bond acceptors (Lipinski definition) is 3. The molecule has 1 aromatic heterocycles. The van der Waals surface area contributed by atoms with E-state index < -0.39 is 0 Å². The van der Waals surface area contributed by atoms with Gasteiger partial charge in [0.2, 0.25) is 0 Å². The van der Waals surface area contributed by atoms with Crippen LogP contribution in [0.5, 0.6) is 0 Å². The van der Waals surface area contributed by atoms with E-state index >= 15 is 0 Å². The summed E-state index contributed by atoms with van der Waals surface area (Å²) in [5.74, 6) is -0.0676. The molecule has 1 heterocycles. The van der Waals surface area contributed by atoms with Crippen LogP contribution in [-0.2, 0) is 12.8 Å². The number of thiazole rings is 1. The van der Waals surface area contributed by atoms with Gasteiger partial charge in [0.15, 0.2) is 0 Å². The largest absolute Gasteiger partial charge is 0.301 e. The smallest absolute Gasteiger partial charge is 0.126 e. The first-order valence-electron chi connectivity index (χ1n) is 7.17. The minimum absolute atomic E-state index is 0.0676. The lowest BCUT2D eigenvalue weighted by Gasteiger charge is -2.18. The van der Waals surface area contributed by atoms with E-state index in [9.17, 15) is 4.39 Å². The number of hydrogen-bond donors (Lipinski definition) is 1. The van der Waals surface area contributed by atoms with Gasteiger partial charge in [-0.1, -0.05) is 19.1 Å². The standard InChI is InChI=1S/C16H19FN2S/c1-3-11-9-18-16(20-11)10(2)19-15-8-7-12-13(15)5-4-6-14(12)17/h4-6,9-10,15,19H,3,7-8H2,1-2H3. The minimum Gasteiger partial charge on any atom is -0.301 e. The summed E-state index contributed by atoms with van der Waals surface area (Å²) >= 11 is 1.76. The molecule has 1 aliphatic rings. The van der Waals surface area contributed by atoms with Gasteiger partial charge in [-0.2, -0.15) is 0 Å². The van der Waals surface area contributed by atoms with Crippen molar-refractivity contribution in [3.8, 4) is 0 Å². The summed E-state index contributed by atoms with van der Waals surface area (Å²) < 4.78 is 13.7. The summed E-state index contributed by atoms with van der Waals surface area (Å²) in [7, 11) is 0.